The smallest absolute Gasteiger partial charge is 0.540 e. The number of carbonyl (C=O) groups excluding carboxylic acids is 2. The molecule has 0 saturated carbocycles. The van der Waals surface area contributed by atoms with E-state index in [2.05, 4.69) is 19.6 Å². The highest BCUT2D eigenvalue weighted by Gasteiger charge is 2.32. The van der Waals surface area contributed by atoms with E-state index < -0.39 is 24.0 Å². The van der Waals surface area contributed by atoms with Gasteiger partial charge in [-0.25, -0.2) is 4.79 Å². The van der Waals surface area contributed by atoms with Crippen LogP contribution < -0.4 is 10.1 Å². The first-order chi connectivity index (χ1) is 12.2. The van der Waals surface area contributed by atoms with E-state index in [-0.39, 0.29) is 17.8 Å². The standard InChI is InChI=1S/C15H17BF3N3O4/c1-21-4-6-22(7-5-21)9-13(23)20-11-8-10(14(24)26-16)2-3-12(11)25-15(17,18)19/h2-3,8H,4-7,9H2,1H3,(H,20,23). The van der Waals surface area contributed by atoms with E-state index in [1.807, 2.05) is 11.9 Å². The number of rotatable bonds is 5. The average Bonchev–Trinajstić information content (AvgIpc) is 2.56. The summed E-state index contributed by atoms with van der Waals surface area (Å²) in [6.07, 6.45) is -4.95. The van der Waals surface area contributed by atoms with Crippen molar-refractivity contribution < 1.29 is 32.2 Å². The van der Waals surface area contributed by atoms with Crippen LogP contribution in [0.5, 0.6) is 5.75 Å². The van der Waals surface area contributed by atoms with Gasteiger partial charge in [0.05, 0.1) is 17.8 Å². The Bertz CT molecular complexity index is 664. The molecule has 0 unspecified atom stereocenters. The van der Waals surface area contributed by atoms with Gasteiger partial charge in [-0.05, 0) is 25.2 Å². The highest BCUT2D eigenvalue weighted by atomic mass is 19.4. The molecule has 0 aliphatic carbocycles. The van der Waals surface area contributed by atoms with E-state index in [0.717, 1.165) is 31.3 Å². The first-order valence-corrected chi connectivity index (χ1v) is 7.69. The molecule has 1 aliphatic heterocycles. The van der Waals surface area contributed by atoms with Gasteiger partial charge in [0, 0.05) is 26.2 Å². The van der Waals surface area contributed by atoms with Crippen LogP contribution in [-0.4, -0.2) is 75.9 Å². The lowest BCUT2D eigenvalue weighted by Gasteiger charge is -2.31. The van der Waals surface area contributed by atoms with Crippen LogP contribution in [0.15, 0.2) is 18.2 Å². The van der Waals surface area contributed by atoms with Crippen molar-refractivity contribution in [2.24, 2.45) is 0 Å². The molecule has 1 aromatic rings. The Balaban J connectivity index is 2.13. The van der Waals surface area contributed by atoms with Crippen LogP contribution in [0.3, 0.4) is 0 Å². The predicted molar refractivity (Wildman–Crippen MR) is 86.9 cm³/mol. The summed E-state index contributed by atoms with van der Waals surface area (Å²) < 4.78 is 45.5. The molecular formula is C15H17BF3N3O4. The summed E-state index contributed by atoms with van der Waals surface area (Å²) in [5, 5.41) is 2.34. The fraction of sp³-hybridized carbons (Fsp3) is 0.467. The zero-order valence-corrected chi connectivity index (χ0v) is 14.0. The molecule has 0 bridgehead atoms. The summed E-state index contributed by atoms with van der Waals surface area (Å²) in [7, 11) is 6.73. The molecule has 1 heterocycles. The van der Waals surface area contributed by atoms with Crippen molar-refractivity contribution in [2.45, 2.75) is 6.36 Å². The van der Waals surface area contributed by atoms with Crippen molar-refractivity contribution in [1.29, 1.82) is 0 Å². The second-order valence-electron chi connectivity index (χ2n) is 5.79. The van der Waals surface area contributed by atoms with Crippen LogP contribution in [0.2, 0.25) is 0 Å². The van der Waals surface area contributed by atoms with E-state index in [4.69, 9.17) is 8.05 Å². The first-order valence-electron chi connectivity index (χ1n) is 7.69. The minimum absolute atomic E-state index is 0.00482. The summed E-state index contributed by atoms with van der Waals surface area (Å²) in [4.78, 5) is 27.6. The molecule has 1 aliphatic rings. The van der Waals surface area contributed by atoms with Crippen LogP contribution in [0.1, 0.15) is 10.4 Å². The van der Waals surface area contributed by atoms with E-state index in [0.29, 0.717) is 13.1 Å². The van der Waals surface area contributed by atoms with Gasteiger partial charge in [-0.1, -0.05) is 0 Å². The molecule has 1 fully saturated rings. The van der Waals surface area contributed by atoms with Gasteiger partial charge in [-0.15, -0.1) is 13.2 Å². The molecule has 7 nitrogen and oxygen atoms in total. The normalized spacial score (nSPS) is 16.2. The van der Waals surface area contributed by atoms with Crippen molar-refractivity contribution in [3.8, 4) is 5.75 Å². The lowest BCUT2D eigenvalue weighted by molar-refractivity contribution is -0.274. The third-order valence-electron chi connectivity index (χ3n) is 3.79. The summed E-state index contributed by atoms with van der Waals surface area (Å²) in [5.74, 6) is -2.13. The second-order valence-corrected chi connectivity index (χ2v) is 5.79. The molecule has 26 heavy (non-hydrogen) atoms. The van der Waals surface area contributed by atoms with Gasteiger partial charge in [0.25, 0.3) is 0 Å². The lowest BCUT2D eigenvalue weighted by Crippen LogP contribution is -2.47. The molecule has 140 valence electrons. The van der Waals surface area contributed by atoms with Crippen molar-refractivity contribution in [3.05, 3.63) is 23.8 Å². The number of piperazine rings is 1. The SMILES string of the molecule is [B]OC(=O)c1ccc(OC(F)(F)F)c(NC(=O)CN2CCN(C)CC2)c1. The molecule has 2 radical (unpaired) electrons. The first kappa shape index (κ1) is 20.1. The fourth-order valence-corrected chi connectivity index (χ4v) is 2.44. The Labute approximate surface area is 149 Å². The van der Waals surface area contributed by atoms with Gasteiger partial charge in [-0.3, -0.25) is 9.69 Å². The largest absolute Gasteiger partial charge is 0.573 e. The molecule has 2 rings (SSSR count). The van der Waals surface area contributed by atoms with E-state index in [1.165, 1.54) is 0 Å². The quantitative estimate of drug-likeness (QED) is 0.780. The molecule has 0 atom stereocenters. The Morgan fingerprint density at radius 1 is 1.23 bits per heavy atom. The number of nitrogens with one attached hydrogen (secondary N) is 1. The van der Waals surface area contributed by atoms with Gasteiger partial charge in [0.15, 0.2) is 5.75 Å². The summed E-state index contributed by atoms with van der Waals surface area (Å²) in [6.45, 7) is 2.90. The maximum Gasteiger partial charge on any atom is 0.573 e. The molecule has 0 spiro atoms. The van der Waals surface area contributed by atoms with Gasteiger partial charge in [-0.2, -0.15) is 0 Å². The van der Waals surface area contributed by atoms with Crippen molar-refractivity contribution in [3.63, 3.8) is 0 Å². The number of nitrogens with zero attached hydrogens (tertiary/aromatic N) is 2. The summed E-state index contributed by atoms with van der Waals surface area (Å²) >= 11 is 0. The van der Waals surface area contributed by atoms with Crippen LogP contribution in [0, 0.1) is 0 Å². The molecule has 1 amide bonds. The van der Waals surface area contributed by atoms with Crippen LogP contribution in [-0.2, 0) is 9.45 Å². The van der Waals surface area contributed by atoms with Crippen molar-refractivity contribution in [1.82, 2.24) is 9.80 Å². The molecular weight excluding hydrogens is 354 g/mol. The fourth-order valence-electron chi connectivity index (χ4n) is 2.44. The van der Waals surface area contributed by atoms with Crippen molar-refractivity contribution in [2.75, 3.05) is 45.1 Å². The average molecular weight is 371 g/mol. The highest BCUT2D eigenvalue weighted by Crippen LogP contribution is 2.31. The highest BCUT2D eigenvalue weighted by molar-refractivity contribution is 6.10. The van der Waals surface area contributed by atoms with Gasteiger partial charge >= 0.3 is 20.4 Å². The third kappa shape index (κ3) is 5.92. The number of carbonyl (C=O) groups is 2. The zero-order chi connectivity index (χ0) is 19.3. The summed E-state index contributed by atoms with van der Waals surface area (Å²) in [6, 6.07) is 2.97. The Kier molecular flexibility index (Phi) is 6.49. The van der Waals surface area contributed by atoms with Gasteiger partial charge in [0.1, 0.15) is 0 Å². The van der Waals surface area contributed by atoms with Gasteiger partial charge in [0.2, 0.25) is 5.91 Å². The molecule has 1 saturated heterocycles. The van der Waals surface area contributed by atoms with E-state index >= 15 is 0 Å². The lowest BCUT2D eigenvalue weighted by atomic mass is 10.1. The van der Waals surface area contributed by atoms with Crippen molar-refractivity contribution >= 4 is 25.6 Å². The zero-order valence-electron chi connectivity index (χ0n) is 14.0. The maximum atomic E-state index is 12.5. The number of amides is 1. The third-order valence-corrected chi connectivity index (χ3v) is 3.79. The molecule has 1 N–H and O–H groups in total. The van der Waals surface area contributed by atoms with Gasteiger partial charge < -0.3 is 19.6 Å². The second kappa shape index (κ2) is 8.41. The number of benzene rings is 1. The Hall–Kier alpha value is -2.27. The Morgan fingerprint density at radius 2 is 1.88 bits per heavy atom. The van der Waals surface area contributed by atoms with Crippen LogP contribution >= 0.6 is 0 Å². The topological polar surface area (TPSA) is 71.1 Å². The minimum atomic E-state index is -4.95. The van der Waals surface area contributed by atoms with Crippen LogP contribution in [0.4, 0.5) is 18.9 Å². The molecule has 11 heteroatoms. The number of anilines is 1. The number of alkyl halides is 3. The number of ether oxygens (including phenoxy) is 1. The Morgan fingerprint density at radius 3 is 2.46 bits per heavy atom. The van der Waals surface area contributed by atoms with Crippen LogP contribution in [0.25, 0.3) is 0 Å². The minimum Gasteiger partial charge on any atom is -0.540 e. The maximum absolute atomic E-state index is 12.5. The van der Waals surface area contributed by atoms with E-state index in [1.54, 1.807) is 0 Å². The molecule has 1 aromatic carbocycles. The predicted octanol–water partition coefficient (Wildman–Crippen LogP) is 1.01. The number of halogens is 3. The molecule has 0 aromatic heterocycles. The monoisotopic (exact) mass is 371 g/mol. The number of hydrogen-bond donors (Lipinski definition) is 1. The van der Waals surface area contributed by atoms with E-state index in [9.17, 15) is 22.8 Å². The number of hydrogen-bond acceptors (Lipinski definition) is 6. The summed E-state index contributed by atoms with van der Waals surface area (Å²) in [5.41, 5.74) is -0.429. The number of likely N-dealkylation sites (N-methyl/N-ethyl adjacent to an activating group) is 1.